The van der Waals surface area contributed by atoms with Gasteiger partial charge in [0.2, 0.25) is 5.91 Å². The summed E-state index contributed by atoms with van der Waals surface area (Å²) in [5.41, 5.74) is -0.0289. The molecule has 2 aromatic heterocycles. The number of nitrogens with zero attached hydrogens (tertiary/aromatic N) is 2. The predicted octanol–water partition coefficient (Wildman–Crippen LogP) is 1.64. The van der Waals surface area contributed by atoms with Crippen LogP contribution in [0.25, 0.3) is 0 Å². The predicted molar refractivity (Wildman–Crippen MR) is 92.6 cm³/mol. The summed E-state index contributed by atoms with van der Waals surface area (Å²) in [5.74, 6) is 1.22. The van der Waals surface area contributed by atoms with Gasteiger partial charge in [-0.05, 0) is 31.5 Å². The minimum Gasteiger partial charge on any atom is -0.492 e. The van der Waals surface area contributed by atoms with Crippen molar-refractivity contribution in [3.63, 3.8) is 0 Å². The van der Waals surface area contributed by atoms with Gasteiger partial charge in [-0.25, -0.2) is 0 Å². The van der Waals surface area contributed by atoms with Gasteiger partial charge in [0.1, 0.15) is 11.5 Å². The third-order valence-corrected chi connectivity index (χ3v) is 5.51. The van der Waals surface area contributed by atoms with E-state index in [4.69, 9.17) is 9.15 Å². The zero-order chi connectivity index (χ0) is 18.1. The Kier molecular flexibility index (Phi) is 4.14. The van der Waals surface area contributed by atoms with Crippen LogP contribution in [0.15, 0.2) is 41.3 Å². The number of furan rings is 1. The van der Waals surface area contributed by atoms with Crippen LogP contribution < -0.4 is 10.1 Å². The molecule has 7 heteroatoms. The van der Waals surface area contributed by atoms with Gasteiger partial charge in [0.05, 0.1) is 30.0 Å². The first-order chi connectivity index (χ1) is 12.6. The van der Waals surface area contributed by atoms with Crippen LogP contribution in [0, 0.1) is 18.3 Å². The number of likely N-dealkylation sites (tertiary alicyclic amines) is 1. The van der Waals surface area contributed by atoms with Crippen molar-refractivity contribution in [1.29, 1.82) is 0 Å². The first-order valence-corrected chi connectivity index (χ1v) is 8.75. The van der Waals surface area contributed by atoms with Crippen LogP contribution in [0.3, 0.4) is 0 Å². The van der Waals surface area contributed by atoms with E-state index in [0.717, 1.165) is 0 Å². The van der Waals surface area contributed by atoms with Gasteiger partial charge in [-0.2, -0.15) is 0 Å². The lowest BCUT2D eigenvalue weighted by Gasteiger charge is -2.28. The molecule has 2 saturated heterocycles. The Hall–Kier alpha value is -2.83. The largest absolute Gasteiger partial charge is 0.492 e. The van der Waals surface area contributed by atoms with Crippen LogP contribution in [-0.4, -0.2) is 47.9 Å². The lowest BCUT2D eigenvalue weighted by Crippen LogP contribution is -2.41. The normalized spacial score (nSPS) is 24.9. The second-order valence-electron chi connectivity index (χ2n) is 6.93. The maximum atomic E-state index is 12.8. The highest BCUT2D eigenvalue weighted by Crippen LogP contribution is 2.42. The maximum absolute atomic E-state index is 12.8. The number of amides is 2. The molecule has 0 radical (unpaired) electrons. The molecule has 2 atom stereocenters. The minimum absolute atomic E-state index is 0.0107. The monoisotopic (exact) mass is 355 g/mol. The fourth-order valence-corrected chi connectivity index (χ4v) is 3.92. The van der Waals surface area contributed by atoms with E-state index in [2.05, 4.69) is 10.3 Å². The first-order valence-electron chi connectivity index (χ1n) is 8.75. The van der Waals surface area contributed by atoms with Crippen LogP contribution in [0.4, 0.5) is 0 Å². The molecule has 0 aromatic carbocycles. The summed E-state index contributed by atoms with van der Waals surface area (Å²) in [7, 11) is 0. The van der Waals surface area contributed by atoms with E-state index < -0.39 is 5.41 Å². The third kappa shape index (κ3) is 2.73. The van der Waals surface area contributed by atoms with E-state index in [1.807, 2.05) is 12.1 Å². The van der Waals surface area contributed by atoms with Gasteiger partial charge in [0.15, 0.2) is 0 Å². The van der Waals surface area contributed by atoms with Gasteiger partial charge in [-0.3, -0.25) is 14.6 Å². The molecule has 2 amide bonds. The molecule has 0 bridgehead atoms. The lowest BCUT2D eigenvalue weighted by atomic mass is 9.77. The fraction of sp³-hybridized carbons (Fsp3) is 0.421. The second-order valence-corrected chi connectivity index (χ2v) is 6.93. The van der Waals surface area contributed by atoms with Crippen molar-refractivity contribution in [3.05, 3.63) is 48.2 Å². The Labute approximate surface area is 151 Å². The highest BCUT2D eigenvalue weighted by molar-refractivity contribution is 5.96. The third-order valence-electron chi connectivity index (χ3n) is 5.51. The van der Waals surface area contributed by atoms with Gasteiger partial charge in [0, 0.05) is 31.7 Å². The van der Waals surface area contributed by atoms with Crippen molar-refractivity contribution >= 4 is 11.8 Å². The molecular weight excluding hydrogens is 334 g/mol. The topological polar surface area (TPSA) is 84.7 Å². The number of hydrogen-bond donors (Lipinski definition) is 1. The highest BCUT2D eigenvalue weighted by Gasteiger charge is 2.55. The Morgan fingerprint density at radius 1 is 1.50 bits per heavy atom. The maximum Gasteiger partial charge on any atom is 0.257 e. The molecule has 0 aliphatic carbocycles. The fourth-order valence-electron chi connectivity index (χ4n) is 3.92. The van der Waals surface area contributed by atoms with Gasteiger partial charge in [0.25, 0.3) is 5.91 Å². The molecule has 0 saturated carbocycles. The van der Waals surface area contributed by atoms with Crippen molar-refractivity contribution in [1.82, 2.24) is 15.2 Å². The van der Waals surface area contributed by atoms with Crippen LogP contribution in [0.5, 0.6) is 5.75 Å². The SMILES string of the molecule is Cc1occc1C(=O)N1CC[C@]2(C1)C(=O)NC[C@H]2COc1cccnc1. The quantitative estimate of drug-likeness (QED) is 0.901. The number of pyridine rings is 1. The first kappa shape index (κ1) is 16.6. The standard InChI is InChI=1S/C19H21N3O4/c1-13-16(4-8-25-13)17(23)22-7-5-19(12-22)14(9-21-18(19)24)11-26-15-3-2-6-20-10-15/h2-4,6,8,10,14H,5,7,9,11-12H2,1H3,(H,21,24)/t14-,19+/m0/s1. The molecule has 4 heterocycles. The van der Waals surface area contributed by atoms with Crippen LogP contribution in [0.1, 0.15) is 22.5 Å². The van der Waals surface area contributed by atoms with E-state index >= 15 is 0 Å². The number of carbonyl (C=O) groups excluding carboxylic acids is 2. The second kappa shape index (κ2) is 6.48. The number of ether oxygens (including phenoxy) is 1. The van der Waals surface area contributed by atoms with Crippen molar-refractivity contribution in [2.24, 2.45) is 11.3 Å². The lowest BCUT2D eigenvalue weighted by molar-refractivity contribution is -0.128. The summed E-state index contributed by atoms with van der Waals surface area (Å²) in [6, 6.07) is 5.34. The van der Waals surface area contributed by atoms with Crippen LogP contribution in [-0.2, 0) is 4.79 Å². The van der Waals surface area contributed by atoms with Crippen LogP contribution in [0.2, 0.25) is 0 Å². The van der Waals surface area contributed by atoms with Crippen molar-refractivity contribution in [2.75, 3.05) is 26.2 Å². The summed E-state index contributed by atoms with van der Waals surface area (Å²) in [6.07, 6.45) is 5.50. The summed E-state index contributed by atoms with van der Waals surface area (Å²) < 4.78 is 11.1. The average Bonchev–Trinajstić information content (AvgIpc) is 3.36. The highest BCUT2D eigenvalue weighted by atomic mass is 16.5. The van der Waals surface area contributed by atoms with E-state index in [-0.39, 0.29) is 17.7 Å². The molecule has 2 fully saturated rings. The molecule has 4 rings (SSSR count). The molecule has 1 N–H and O–H groups in total. The molecule has 1 spiro atoms. The zero-order valence-electron chi connectivity index (χ0n) is 14.6. The number of rotatable bonds is 4. The minimum atomic E-state index is -0.588. The summed E-state index contributed by atoms with van der Waals surface area (Å²) >= 11 is 0. The number of nitrogens with one attached hydrogen (secondary N) is 1. The Morgan fingerprint density at radius 2 is 2.38 bits per heavy atom. The molecule has 26 heavy (non-hydrogen) atoms. The smallest absolute Gasteiger partial charge is 0.257 e. The average molecular weight is 355 g/mol. The van der Waals surface area contributed by atoms with Crippen molar-refractivity contribution < 1.29 is 18.7 Å². The summed E-state index contributed by atoms with van der Waals surface area (Å²) in [6.45, 7) is 3.71. The summed E-state index contributed by atoms with van der Waals surface area (Å²) in [4.78, 5) is 31.1. The van der Waals surface area contributed by atoms with Gasteiger partial charge < -0.3 is 19.4 Å². The Balaban J connectivity index is 1.48. The van der Waals surface area contributed by atoms with E-state index in [9.17, 15) is 9.59 Å². The molecule has 2 aliphatic heterocycles. The summed E-state index contributed by atoms with van der Waals surface area (Å²) in [5, 5.41) is 2.95. The molecule has 2 aromatic rings. The van der Waals surface area contributed by atoms with E-state index in [0.29, 0.717) is 49.7 Å². The molecular formula is C19H21N3O4. The Morgan fingerprint density at radius 3 is 3.12 bits per heavy atom. The van der Waals surface area contributed by atoms with Crippen LogP contribution >= 0.6 is 0 Å². The van der Waals surface area contributed by atoms with E-state index in [1.54, 1.807) is 30.3 Å². The van der Waals surface area contributed by atoms with Gasteiger partial charge in [-0.15, -0.1) is 0 Å². The Bertz CT molecular complexity index is 819. The molecule has 0 unspecified atom stereocenters. The number of aromatic nitrogens is 1. The van der Waals surface area contributed by atoms with Crippen molar-refractivity contribution in [2.45, 2.75) is 13.3 Å². The molecule has 2 aliphatic rings. The molecule has 136 valence electrons. The number of aryl methyl sites for hydroxylation is 1. The zero-order valence-corrected chi connectivity index (χ0v) is 14.6. The number of hydrogen-bond acceptors (Lipinski definition) is 5. The van der Waals surface area contributed by atoms with Gasteiger partial charge in [-0.1, -0.05) is 0 Å². The van der Waals surface area contributed by atoms with Gasteiger partial charge >= 0.3 is 0 Å². The molecule has 7 nitrogen and oxygen atoms in total. The number of carbonyl (C=O) groups is 2. The van der Waals surface area contributed by atoms with E-state index in [1.165, 1.54) is 6.26 Å². The van der Waals surface area contributed by atoms with Crippen molar-refractivity contribution in [3.8, 4) is 5.75 Å².